The van der Waals surface area contributed by atoms with Crippen LogP contribution in [0.15, 0.2) is 59.8 Å². The van der Waals surface area contributed by atoms with Crippen LogP contribution in [0.1, 0.15) is 38.0 Å². The number of carbonyl (C=O) groups excluding carboxylic acids is 1. The van der Waals surface area contributed by atoms with E-state index in [-0.39, 0.29) is 22.6 Å². The molecule has 1 heterocycles. The number of rotatable bonds is 9. The highest BCUT2D eigenvalue weighted by Gasteiger charge is 2.08. The van der Waals surface area contributed by atoms with Crippen molar-refractivity contribution < 1.29 is 25.0 Å². The van der Waals surface area contributed by atoms with Gasteiger partial charge in [0, 0.05) is 23.1 Å². The van der Waals surface area contributed by atoms with Gasteiger partial charge in [-0.15, -0.1) is 11.3 Å². The standard InChI is InChI=1S/C21H24N4O2S/c22-21-25-18(14-28-21)12-20(27)24-17-8-6-15(7-9-17)10-11-23-13-19(26)16-4-2-1-3-5-16/h1-9,14,19,23,26H,10-13H2,(H2,22,25)(H,24,27)/t19-/m0/s1/i1D,2D,3D,4D,5D,11D2,12D2,14D,19D. The first-order valence-electron chi connectivity index (χ1n) is 13.6. The number of carbonyl (C=O) groups is 1. The lowest BCUT2D eigenvalue weighted by molar-refractivity contribution is -0.115. The normalized spacial score (nSPS) is 19.7. The minimum absolute atomic E-state index is 0.0453. The Morgan fingerprint density at radius 1 is 1.32 bits per heavy atom. The maximum Gasteiger partial charge on any atom is 0.230 e. The van der Waals surface area contributed by atoms with Crippen LogP contribution in [0, 0.1) is 0 Å². The Morgan fingerprint density at radius 3 is 2.75 bits per heavy atom. The number of nitrogen functional groups attached to an aromatic ring is 1. The second-order valence-electron chi connectivity index (χ2n) is 5.43. The number of hydrogen-bond acceptors (Lipinski definition) is 6. The van der Waals surface area contributed by atoms with E-state index >= 15 is 0 Å². The molecule has 5 N–H and O–H groups in total. The van der Waals surface area contributed by atoms with Crippen LogP contribution in [0.25, 0.3) is 0 Å². The van der Waals surface area contributed by atoms with Gasteiger partial charge in [-0.1, -0.05) is 42.3 Å². The number of nitrogens with zero attached hydrogens (tertiary/aromatic N) is 1. The van der Waals surface area contributed by atoms with Crippen LogP contribution >= 0.6 is 11.3 Å². The molecular formula is C21H24N4O2S. The third kappa shape index (κ3) is 6.16. The molecule has 0 aliphatic heterocycles. The summed E-state index contributed by atoms with van der Waals surface area (Å²) in [5.41, 5.74) is 5.01. The molecule has 0 bridgehead atoms. The van der Waals surface area contributed by atoms with Crippen molar-refractivity contribution in [3.05, 3.63) is 76.7 Å². The van der Waals surface area contributed by atoms with Gasteiger partial charge in [-0.3, -0.25) is 4.79 Å². The molecule has 1 aromatic heterocycles. The van der Waals surface area contributed by atoms with Gasteiger partial charge in [0.25, 0.3) is 0 Å². The quantitative estimate of drug-likeness (QED) is 0.437. The van der Waals surface area contributed by atoms with E-state index in [1.54, 1.807) is 0 Å². The minimum Gasteiger partial charge on any atom is -0.387 e. The molecule has 2 aromatic carbocycles. The third-order valence-corrected chi connectivity index (χ3v) is 3.98. The van der Waals surface area contributed by atoms with Gasteiger partial charge in [-0.25, -0.2) is 4.98 Å². The molecule has 0 saturated carbocycles. The van der Waals surface area contributed by atoms with Crippen molar-refractivity contribution in [3.8, 4) is 0 Å². The molecule has 1 amide bonds. The zero-order valence-corrected chi connectivity index (χ0v) is 15.3. The number of aliphatic hydroxyl groups is 1. The summed E-state index contributed by atoms with van der Waals surface area (Å²) in [6, 6.07) is 2.08. The lowest BCUT2D eigenvalue weighted by Crippen LogP contribution is -2.23. The Balaban J connectivity index is 1.67. The lowest BCUT2D eigenvalue weighted by Gasteiger charge is -2.12. The number of benzene rings is 2. The Morgan fingerprint density at radius 2 is 2.07 bits per heavy atom. The maximum atomic E-state index is 12.5. The molecular weight excluding hydrogens is 372 g/mol. The summed E-state index contributed by atoms with van der Waals surface area (Å²) in [6.45, 7) is -3.00. The van der Waals surface area contributed by atoms with E-state index in [2.05, 4.69) is 15.6 Å². The fraction of sp³-hybridized carbons (Fsp3) is 0.238. The first-order chi connectivity index (χ1) is 17.9. The van der Waals surface area contributed by atoms with Gasteiger partial charge in [0.15, 0.2) is 5.13 Å². The smallest absolute Gasteiger partial charge is 0.230 e. The molecule has 7 heteroatoms. The van der Waals surface area contributed by atoms with Gasteiger partial charge >= 0.3 is 0 Å². The second-order valence-corrected chi connectivity index (χ2v) is 6.26. The van der Waals surface area contributed by atoms with Crippen LogP contribution in [-0.4, -0.2) is 29.0 Å². The van der Waals surface area contributed by atoms with Gasteiger partial charge in [0.05, 0.1) is 27.7 Å². The molecule has 0 radical (unpaired) electrons. The highest BCUT2D eigenvalue weighted by Crippen LogP contribution is 2.14. The molecule has 3 rings (SSSR count). The monoisotopic (exact) mass is 407 g/mol. The average molecular weight is 408 g/mol. The highest BCUT2D eigenvalue weighted by molar-refractivity contribution is 7.13. The van der Waals surface area contributed by atoms with Gasteiger partial charge in [-0.2, -0.15) is 0 Å². The first-order valence-corrected chi connectivity index (χ1v) is 8.87. The fourth-order valence-corrected chi connectivity index (χ4v) is 2.51. The molecule has 0 saturated heterocycles. The van der Waals surface area contributed by atoms with Gasteiger partial charge < -0.3 is 21.5 Å². The summed E-state index contributed by atoms with van der Waals surface area (Å²) in [5.74, 6) is -1.08. The largest absolute Gasteiger partial charge is 0.387 e. The number of aromatic nitrogens is 1. The molecule has 6 nitrogen and oxygen atoms in total. The van der Waals surface area contributed by atoms with Crippen molar-refractivity contribution in [2.45, 2.75) is 18.9 Å². The van der Waals surface area contributed by atoms with E-state index in [0.717, 1.165) is 11.3 Å². The van der Waals surface area contributed by atoms with Crippen molar-refractivity contribution in [2.75, 3.05) is 24.1 Å². The number of nitrogens with two attached hydrogens (primary N) is 1. The maximum absolute atomic E-state index is 12.5. The van der Waals surface area contributed by atoms with E-state index in [1.165, 1.54) is 24.3 Å². The number of thiazole rings is 1. The number of hydrogen-bond donors (Lipinski definition) is 4. The van der Waals surface area contributed by atoms with Gasteiger partial charge in [0.1, 0.15) is 0 Å². The van der Waals surface area contributed by atoms with E-state index in [0.29, 0.717) is 5.56 Å². The number of anilines is 2. The zero-order chi connectivity index (χ0) is 29.5. The van der Waals surface area contributed by atoms with E-state index < -0.39 is 72.9 Å². The molecule has 146 valence electrons. The summed E-state index contributed by atoms with van der Waals surface area (Å²) in [5, 5.41) is 15.0. The average Bonchev–Trinajstić information content (AvgIpc) is 3.20. The van der Waals surface area contributed by atoms with Crippen LogP contribution in [0.2, 0.25) is 0 Å². The van der Waals surface area contributed by atoms with Gasteiger partial charge in [-0.05, 0) is 36.2 Å². The summed E-state index contributed by atoms with van der Waals surface area (Å²) in [4.78, 5) is 16.2. The Bertz CT molecular complexity index is 1370. The number of amides is 1. The van der Waals surface area contributed by atoms with Crippen LogP contribution in [0.4, 0.5) is 10.8 Å². The summed E-state index contributed by atoms with van der Waals surface area (Å²) in [7, 11) is 0. The Labute approximate surface area is 183 Å². The first kappa shape index (κ1) is 10.2. The molecule has 0 spiro atoms. The summed E-state index contributed by atoms with van der Waals surface area (Å²) >= 11 is 0.736. The number of nitrogens with one attached hydrogen (secondary N) is 2. The fourth-order valence-electron chi connectivity index (χ4n) is 2.08. The Hall–Kier alpha value is -2.74. The SMILES string of the molecule is [2H]c1sc(N)nc1C([2H])([2H])C(=O)Nc1ccc(CC([2H])([2H])NC[C@]([2H])(O)c2c([2H])c([2H])c([2H])c([2H])c2[2H])cc1. The highest BCUT2D eigenvalue weighted by atomic mass is 32.1. The predicted molar refractivity (Wildman–Crippen MR) is 113 cm³/mol. The predicted octanol–water partition coefficient (Wildman–Crippen LogP) is 2.77. The molecule has 3 aromatic rings. The van der Waals surface area contributed by atoms with E-state index in [1.807, 2.05) is 0 Å². The summed E-state index contributed by atoms with van der Waals surface area (Å²) in [6.07, 6.45) is -5.65. The van der Waals surface area contributed by atoms with E-state index in [4.69, 9.17) is 20.8 Å². The molecule has 0 unspecified atom stereocenters. The van der Waals surface area contributed by atoms with Gasteiger partial charge in [0.2, 0.25) is 5.91 Å². The van der Waals surface area contributed by atoms with Crippen LogP contribution in [0.5, 0.6) is 0 Å². The minimum atomic E-state index is -2.74. The molecule has 0 fully saturated rings. The van der Waals surface area contributed by atoms with Crippen molar-refractivity contribution in [3.63, 3.8) is 0 Å². The van der Waals surface area contributed by atoms with Crippen LogP contribution in [0.3, 0.4) is 0 Å². The van der Waals surface area contributed by atoms with Crippen molar-refractivity contribution in [1.29, 1.82) is 0 Å². The second kappa shape index (κ2) is 9.98. The number of aryl methyl sites for hydroxylation is 1. The van der Waals surface area contributed by atoms with Crippen LogP contribution in [-0.2, 0) is 17.6 Å². The van der Waals surface area contributed by atoms with Crippen molar-refractivity contribution in [2.24, 2.45) is 0 Å². The van der Waals surface area contributed by atoms with Crippen LogP contribution < -0.4 is 16.4 Å². The van der Waals surface area contributed by atoms with Crippen molar-refractivity contribution >= 4 is 28.1 Å². The summed E-state index contributed by atoms with van der Waals surface area (Å²) < 4.78 is 87.3. The zero-order valence-electron chi connectivity index (χ0n) is 25.5. The third-order valence-electron chi connectivity index (χ3n) is 3.38. The van der Waals surface area contributed by atoms with E-state index in [9.17, 15) is 9.90 Å². The Kier molecular flexibility index (Phi) is 3.62. The topological polar surface area (TPSA) is 100 Å². The molecule has 0 aliphatic carbocycles. The molecule has 28 heavy (non-hydrogen) atoms. The van der Waals surface area contributed by atoms with Crippen molar-refractivity contribution in [1.82, 2.24) is 10.3 Å². The lowest BCUT2D eigenvalue weighted by atomic mass is 10.1. The molecule has 1 atom stereocenters. The molecule has 0 aliphatic rings.